The molecule has 2 aromatic rings. The van der Waals surface area contributed by atoms with Gasteiger partial charge in [0.15, 0.2) is 6.10 Å². The van der Waals surface area contributed by atoms with E-state index in [0.717, 1.165) is 49.7 Å². The fourth-order valence-corrected chi connectivity index (χ4v) is 5.68. The second kappa shape index (κ2) is 20.1. The van der Waals surface area contributed by atoms with Crippen molar-refractivity contribution < 1.29 is 37.0 Å². The van der Waals surface area contributed by atoms with Gasteiger partial charge in [0.1, 0.15) is 11.5 Å². The zero-order valence-corrected chi connectivity index (χ0v) is 27.5. The first-order valence-corrected chi connectivity index (χ1v) is 17.2. The number of hydrogen-bond donors (Lipinski definition) is 0. The Kier molecular flexibility index (Phi) is 16.2. The zero-order valence-electron chi connectivity index (χ0n) is 27.5. The Morgan fingerprint density at radius 1 is 0.826 bits per heavy atom. The Morgan fingerprint density at radius 2 is 1.46 bits per heavy atom. The zero-order chi connectivity index (χ0) is 33.2. The SMILES string of the molecule is CCCCCCCCCCOc1ccc2c(c1)CCC(C(=O)Oc1ccc(C=CC(=O)OC(CCCCCC)C(F)(F)F)cc1)C2. The van der Waals surface area contributed by atoms with Crippen molar-refractivity contribution in [1.82, 2.24) is 0 Å². The highest BCUT2D eigenvalue weighted by Gasteiger charge is 2.42. The van der Waals surface area contributed by atoms with E-state index in [1.54, 1.807) is 24.3 Å². The lowest BCUT2D eigenvalue weighted by Crippen LogP contribution is -2.33. The first-order chi connectivity index (χ1) is 22.2. The van der Waals surface area contributed by atoms with Crippen molar-refractivity contribution in [2.75, 3.05) is 6.61 Å². The van der Waals surface area contributed by atoms with Crippen LogP contribution in [0.25, 0.3) is 6.08 Å². The number of carbonyl (C=O) groups excluding carboxylic acids is 2. The monoisotopic (exact) mass is 644 g/mol. The summed E-state index contributed by atoms with van der Waals surface area (Å²) in [5.41, 5.74) is 2.91. The Hall–Kier alpha value is -3.29. The van der Waals surface area contributed by atoms with Gasteiger partial charge in [-0.3, -0.25) is 4.79 Å². The molecule has 0 N–H and O–H groups in total. The van der Waals surface area contributed by atoms with Crippen molar-refractivity contribution in [1.29, 1.82) is 0 Å². The highest BCUT2D eigenvalue weighted by Crippen LogP contribution is 2.31. The lowest BCUT2D eigenvalue weighted by Gasteiger charge is -2.23. The molecule has 2 aromatic carbocycles. The summed E-state index contributed by atoms with van der Waals surface area (Å²) in [6.45, 7) is 4.93. The maximum atomic E-state index is 13.3. The van der Waals surface area contributed by atoms with Gasteiger partial charge in [-0.05, 0) is 85.6 Å². The van der Waals surface area contributed by atoms with Gasteiger partial charge in [-0.25, -0.2) is 4.79 Å². The highest BCUT2D eigenvalue weighted by atomic mass is 19.4. The summed E-state index contributed by atoms with van der Waals surface area (Å²) in [5, 5.41) is 0. The molecule has 3 rings (SSSR count). The highest BCUT2D eigenvalue weighted by molar-refractivity contribution is 5.87. The Morgan fingerprint density at radius 3 is 2.13 bits per heavy atom. The van der Waals surface area contributed by atoms with E-state index in [2.05, 4.69) is 13.0 Å². The van der Waals surface area contributed by atoms with Crippen LogP contribution in [0.3, 0.4) is 0 Å². The minimum atomic E-state index is -4.61. The van der Waals surface area contributed by atoms with Gasteiger partial charge in [-0.1, -0.05) is 96.3 Å². The molecular weight excluding hydrogens is 593 g/mol. The lowest BCUT2D eigenvalue weighted by molar-refractivity contribution is -0.220. The summed E-state index contributed by atoms with van der Waals surface area (Å²) in [6, 6.07) is 12.6. The number of ether oxygens (including phenoxy) is 3. The van der Waals surface area contributed by atoms with Crippen LogP contribution in [0.1, 0.15) is 120 Å². The summed E-state index contributed by atoms with van der Waals surface area (Å²) in [5.74, 6) is -0.357. The number of hydrogen-bond acceptors (Lipinski definition) is 5. The topological polar surface area (TPSA) is 61.8 Å². The third kappa shape index (κ3) is 13.6. The molecule has 0 saturated heterocycles. The standard InChI is InChI=1S/C38H51F3O5/c1-3-5-7-9-10-11-12-14-26-44-34-24-21-30-27-32(20-19-31(30)28-34)37(43)45-33-22-16-29(17-23-33)18-25-36(42)46-35(38(39,40)41)15-13-8-6-4-2/h16-18,21-25,28,32,35H,3-15,19-20,26-27H2,1-2H3. The minimum Gasteiger partial charge on any atom is -0.494 e. The molecule has 0 amide bonds. The van der Waals surface area contributed by atoms with Crippen LogP contribution in [0.5, 0.6) is 11.5 Å². The minimum absolute atomic E-state index is 0.245. The van der Waals surface area contributed by atoms with Crippen LogP contribution < -0.4 is 9.47 Å². The number of unbranched alkanes of at least 4 members (excludes halogenated alkanes) is 10. The van der Waals surface area contributed by atoms with Crippen molar-refractivity contribution >= 4 is 18.0 Å². The van der Waals surface area contributed by atoms with Gasteiger partial charge in [-0.15, -0.1) is 0 Å². The van der Waals surface area contributed by atoms with E-state index < -0.39 is 18.2 Å². The molecular formula is C38H51F3O5. The largest absolute Gasteiger partial charge is 0.494 e. The van der Waals surface area contributed by atoms with Crippen molar-refractivity contribution in [3.8, 4) is 11.5 Å². The van der Waals surface area contributed by atoms with Crippen LogP contribution in [0.2, 0.25) is 0 Å². The Balaban J connectivity index is 1.41. The smallest absolute Gasteiger partial charge is 0.425 e. The molecule has 0 fully saturated rings. The van der Waals surface area contributed by atoms with Gasteiger partial charge < -0.3 is 14.2 Å². The van der Waals surface area contributed by atoms with Gasteiger partial charge in [0.2, 0.25) is 0 Å². The fraction of sp³-hybridized carbons (Fsp3) is 0.579. The van der Waals surface area contributed by atoms with Crippen molar-refractivity contribution in [2.24, 2.45) is 5.92 Å². The van der Waals surface area contributed by atoms with Gasteiger partial charge in [0.25, 0.3) is 0 Å². The quantitative estimate of drug-likeness (QED) is 0.0621. The van der Waals surface area contributed by atoms with Gasteiger partial charge in [0.05, 0.1) is 12.5 Å². The Labute approximate surface area is 272 Å². The number of benzene rings is 2. The first kappa shape index (κ1) is 37.2. The number of rotatable bonds is 20. The molecule has 46 heavy (non-hydrogen) atoms. The first-order valence-electron chi connectivity index (χ1n) is 17.2. The predicted molar refractivity (Wildman–Crippen MR) is 176 cm³/mol. The molecule has 0 spiro atoms. The maximum Gasteiger partial charge on any atom is 0.425 e. The Bertz CT molecular complexity index is 1220. The van der Waals surface area contributed by atoms with Crippen LogP contribution in [-0.2, 0) is 27.2 Å². The summed E-state index contributed by atoms with van der Waals surface area (Å²) in [6.07, 6.45) is 10.3. The second-order valence-corrected chi connectivity index (χ2v) is 12.3. The molecule has 0 aromatic heterocycles. The average Bonchev–Trinajstić information content (AvgIpc) is 3.04. The van der Waals surface area contributed by atoms with Crippen LogP contribution in [-0.4, -0.2) is 30.8 Å². The van der Waals surface area contributed by atoms with E-state index in [0.29, 0.717) is 37.0 Å². The molecule has 1 aliphatic carbocycles. The summed E-state index contributed by atoms with van der Waals surface area (Å²) < 4.78 is 56.2. The van der Waals surface area contributed by atoms with E-state index in [9.17, 15) is 22.8 Å². The molecule has 254 valence electrons. The van der Waals surface area contributed by atoms with Crippen molar-refractivity contribution in [2.45, 2.75) is 129 Å². The molecule has 0 aliphatic heterocycles. The van der Waals surface area contributed by atoms with Gasteiger partial charge >= 0.3 is 18.1 Å². The summed E-state index contributed by atoms with van der Waals surface area (Å²) in [7, 11) is 0. The van der Waals surface area contributed by atoms with Crippen LogP contribution >= 0.6 is 0 Å². The summed E-state index contributed by atoms with van der Waals surface area (Å²) >= 11 is 0. The van der Waals surface area contributed by atoms with Crippen LogP contribution in [0, 0.1) is 5.92 Å². The summed E-state index contributed by atoms with van der Waals surface area (Å²) in [4.78, 5) is 25.0. The molecule has 0 bridgehead atoms. The normalized spacial score (nSPS) is 15.4. The molecule has 0 radical (unpaired) electrons. The lowest BCUT2D eigenvalue weighted by atomic mass is 9.84. The van der Waals surface area contributed by atoms with E-state index in [4.69, 9.17) is 14.2 Å². The molecule has 0 saturated carbocycles. The van der Waals surface area contributed by atoms with Gasteiger partial charge in [0, 0.05) is 6.08 Å². The third-order valence-electron chi connectivity index (χ3n) is 8.46. The van der Waals surface area contributed by atoms with E-state index in [1.165, 1.54) is 56.6 Å². The van der Waals surface area contributed by atoms with Crippen LogP contribution in [0.15, 0.2) is 48.5 Å². The molecule has 2 atom stereocenters. The van der Waals surface area contributed by atoms with E-state index >= 15 is 0 Å². The molecule has 1 aliphatic rings. The average molecular weight is 645 g/mol. The molecule has 2 unspecified atom stereocenters. The number of fused-ring (bicyclic) bond motifs is 1. The second-order valence-electron chi connectivity index (χ2n) is 12.3. The van der Waals surface area contributed by atoms with E-state index in [1.807, 2.05) is 19.1 Å². The van der Waals surface area contributed by atoms with Crippen LogP contribution in [0.4, 0.5) is 13.2 Å². The molecule has 8 heteroatoms. The predicted octanol–water partition coefficient (Wildman–Crippen LogP) is 10.4. The van der Waals surface area contributed by atoms with Gasteiger partial charge in [-0.2, -0.15) is 13.2 Å². The number of esters is 2. The number of alkyl halides is 3. The van der Waals surface area contributed by atoms with Crippen molar-refractivity contribution in [3.63, 3.8) is 0 Å². The number of aryl methyl sites for hydroxylation is 1. The fourth-order valence-electron chi connectivity index (χ4n) is 5.68. The maximum absolute atomic E-state index is 13.3. The van der Waals surface area contributed by atoms with E-state index in [-0.39, 0.29) is 18.3 Å². The number of halogens is 3. The van der Waals surface area contributed by atoms with Crippen molar-refractivity contribution in [3.05, 3.63) is 65.2 Å². The number of carbonyl (C=O) groups is 2. The molecule has 5 nitrogen and oxygen atoms in total. The third-order valence-corrected chi connectivity index (χ3v) is 8.46. The molecule has 0 heterocycles.